The Labute approximate surface area is 158 Å². The predicted molar refractivity (Wildman–Crippen MR) is 95.5 cm³/mol. The Balaban J connectivity index is 2.26. The van der Waals surface area contributed by atoms with Crippen LogP contribution >= 0.6 is 35.0 Å². The van der Waals surface area contributed by atoms with Gasteiger partial charge in [0.1, 0.15) is 13.2 Å². The van der Waals surface area contributed by atoms with E-state index in [-0.39, 0.29) is 27.3 Å². The van der Waals surface area contributed by atoms with Crippen LogP contribution in [0, 0.1) is 12.3 Å². The molecule has 0 unspecified atom stereocenters. The summed E-state index contributed by atoms with van der Waals surface area (Å²) >= 11 is 12.9. The summed E-state index contributed by atoms with van der Waals surface area (Å²) in [6.45, 7) is -0.440. The summed E-state index contributed by atoms with van der Waals surface area (Å²) < 4.78 is 9.71. The first-order chi connectivity index (χ1) is 11.9. The van der Waals surface area contributed by atoms with Crippen molar-refractivity contribution in [2.24, 2.45) is 0 Å². The van der Waals surface area contributed by atoms with Gasteiger partial charge in [0.2, 0.25) is 0 Å². The third kappa shape index (κ3) is 4.48. The lowest BCUT2D eigenvalue weighted by Gasteiger charge is -2.10. The number of thioether (sulfide) groups is 1. The third-order valence-electron chi connectivity index (χ3n) is 3.01. The number of halogens is 2. The summed E-state index contributed by atoms with van der Waals surface area (Å²) in [5.74, 6) is 1.25. The zero-order chi connectivity index (χ0) is 18.6. The van der Waals surface area contributed by atoms with Crippen LogP contribution in [0.5, 0.6) is 5.75 Å². The SMILES string of the molecule is C#CCOc1c(Cl)cc(C=C2SC(=O)N(CC(=O)OC)C2=O)cc1Cl. The Morgan fingerprint density at radius 2 is 2.00 bits per heavy atom. The minimum atomic E-state index is -0.690. The molecule has 1 saturated heterocycles. The topological polar surface area (TPSA) is 72.9 Å². The van der Waals surface area contributed by atoms with Gasteiger partial charge in [-0.05, 0) is 35.5 Å². The van der Waals surface area contributed by atoms with Crippen LogP contribution in [0.1, 0.15) is 5.56 Å². The predicted octanol–water partition coefficient (Wildman–Crippen LogP) is 3.21. The largest absolute Gasteiger partial charge is 0.478 e. The maximum atomic E-state index is 12.2. The van der Waals surface area contributed by atoms with Crippen LogP contribution in [-0.2, 0) is 14.3 Å². The van der Waals surface area contributed by atoms with Crippen molar-refractivity contribution in [3.63, 3.8) is 0 Å². The molecule has 0 bridgehead atoms. The van der Waals surface area contributed by atoms with Crippen molar-refractivity contribution in [3.8, 4) is 18.1 Å². The lowest BCUT2D eigenvalue weighted by molar-refractivity contribution is -0.143. The number of carbonyl (C=O) groups excluding carboxylic acids is 3. The maximum absolute atomic E-state index is 12.2. The summed E-state index contributed by atoms with van der Waals surface area (Å²) in [4.78, 5) is 36.3. The highest BCUT2D eigenvalue weighted by Gasteiger charge is 2.36. The van der Waals surface area contributed by atoms with Crippen LogP contribution in [0.2, 0.25) is 10.0 Å². The average molecular weight is 400 g/mol. The lowest BCUT2D eigenvalue weighted by Crippen LogP contribution is -2.34. The molecule has 1 heterocycles. The summed E-state index contributed by atoms with van der Waals surface area (Å²) in [6, 6.07) is 3.04. The summed E-state index contributed by atoms with van der Waals surface area (Å²) in [5, 5.41) is -0.140. The van der Waals surface area contributed by atoms with Crippen LogP contribution in [0.3, 0.4) is 0 Å². The molecule has 0 radical (unpaired) electrons. The fraction of sp³-hybridized carbons (Fsp3) is 0.188. The minimum absolute atomic E-state index is 0.00516. The molecule has 0 spiro atoms. The number of terminal acetylenes is 1. The van der Waals surface area contributed by atoms with Crippen molar-refractivity contribution in [2.75, 3.05) is 20.3 Å². The van der Waals surface area contributed by atoms with Crippen molar-refractivity contribution in [1.29, 1.82) is 0 Å². The smallest absolute Gasteiger partial charge is 0.325 e. The monoisotopic (exact) mass is 399 g/mol. The van der Waals surface area contributed by atoms with Gasteiger partial charge < -0.3 is 9.47 Å². The molecule has 9 heteroatoms. The quantitative estimate of drug-likeness (QED) is 0.429. The highest BCUT2D eigenvalue weighted by molar-refractivity contribution is 8.18. The van der Waals surface area contributed by atoms with E-state index in [1.807, 2.05) is 0 Å². The summed E-state index contributed by atoms with van der Waals surface area (Å²) in [5.41, 5.74) is 0.492. The molecule has 1 aromatic rings. The van der Waals surface area contributed by atoms with Crippen molar-refractivity contribution >= 4 is 58.2 Å². The molecule has 2 rings (SSSR count). The van der Waals surface area contributed by atoms with E-state index in [2.05, 4.69) is 10.7 Å². The Hall–Kier alpha value is -2.14. The molecule has 130 valence electrons. The molecule has 0 aromatic heterocycles. The van der Waals surface area contributed by atoms with Crippen LogP contribution in [0.15, 0.2) is 17.0 Å². The van der Waals surface area contributed by atoms with Gasteiger partial charge >= 0.3 is 5.97 Å². The highest BCUT2D eigenvalue weighted by atomic mass is 35.5. The zero-order valence-electron chi connectivity index (χ0n) is 12.9. The van der Waals surface area contributed by atoms with E-state index in [1.165, 1.54) is 25.3 Å². The van der Waals surface area contributed by atoms with Gasteiger partial charge in [0.05, 0.1) is 22.1 Å². The minimum Gasteiger partial charge on any atom is -0.478 e. The van der Waals surface area contributed by atoms with E-state index in [1.54, 1.807) is 0 Å². The number of amides is 2. The van der Waals surface area contributed by atoms with Gasteiger partial charge in [-0.2, -0.15) is 0 Å². The van der Waals surface area contributed by atoms with Crippen molar-refractivity contribution in [3.05, 3.63) is 32.6 Å². The van der Waals surface area contributed by atoms with Crippen LogP contribution < -0.4 is 4.74 Å². The molecule has 1 aliphatic heterocycles. The second-order valence-corrected chi connectivity index (χ2v) is 6.46. The van der Waals surface area contributed by atoms with Gasteiger partial charge in [-0.15, -0.1) is 6.42 Å². The van der Waals surface area contributed by atoms with Crippen LogP contribution in [0.25, 0.3) is 6.08 Å². The molecule has 2 amide bonds. The number of nitrogens with zero attached hydrogens (tertiary/aromatic N) is 1. The first-order valence-corrected chi connectivity index (χ1v) is 8.32. The van der Waals surface area contributed by atoms with Crippen molar-refractivity contribution < 1.29 is 23.9 Å². The number of ether oxygens (including phenoxy) is 2. The average Bonchev–Trinajstić information content (AvgIpc) is 2.81. The Bertz CT molecular complexity index is 792. The van der Waals surface area contributed by atoms with Gasteiger partial charge in [-0.3, -0.25) is 19.3 Å². The number of hydrogen-bond acceptors (Lipinski definition) is 6. The van der Waals surface area contributed by atoms with Crippen LogP contribution in [0.4, 0.5) is 4.79 Å². The van der Waals surface area contributed by atoms with E-state index in [0.29, 0.717) is 17.3 Å². The number of benzene rings is 1. The number of rotatable bonds is 5. The maximum Gasteiger partial charge on any atom is 0.325 e. The van der Waals surface area contributed by atoms with Gasteiger partial charge in [0.25, 0.3) is 11.1 Å². The molecule has 1 fully saturated rings. The second kappa shape index (κ2) is 8.30. The summed E-state index contributed by atoms with van der Waals surface area (Å²) in [6.07, 6.45) is 6.57. The number of carbonyl (C=O) groups is 3. The molecule has 1 aliphatic rings. The molecular weight excluding hydrogens is 389 g/mol. The standard InChI is InChI=1S/C16H11Cl2NO5S/c1-3-4-24-14-10(17)5-9(6-11(14)18)7-12-15(21)19(16(22)25-12)8-13(20)23-2/h1,5-7H,4,8H2,2H3. The van der Waals surface area contributed by atoms with Gasteiger partial charge in [0.15, 0.2) is 5.75 Å². The zero-order valence-corrected chi connectivity index (χ0v) is 15.2. The van der Waals surface area contributed by atoms with E-state index in [0.717, 1.165) is 4.90 Å². The first-order valence-electron chi connectivity index (χ1n) is 6.75. The Morgan fingerprint density at radius 1 is 1.36 bits per heavy atom. The molecule has 0 atom stereocenters. The van der Waals surface area contributed by atoms with Gasteiger partial charge in [0, 0.05) is 0 Å². The van der Waals surface area contributed by atoms with E-state index in [9.17, 15) is 14.4 Å². The van der Waals surface area contributed by atoms with Crippen LogP contribution in [-0.4, -0.2) is 42.3 Å². The Kier molecular flexibility index (Phi) is 6.37. The van der Waals surface area contributed by atoms with E-state index >= 15 is 0 Å². The van der Waals surface area contributed by atoms with Gasteiger partial charge in [-0.25, -0.2) is 0 Å². The molecule has 25 heavy (non-hydrogen) atoms. The second-order valence-electron chi connectivity index (χ2n) is 4.65. The molecule has 1 aromatic carbocycles. The Morgan fingerprint density at radius 3 is 2.56 bits per heavy atom. The third-order valence-corrected chi connectivity index (χ3v) is 4.48. The molecule has 0 aliphatic carbocycles. The van der Waals surface area contributed by atoms with E-state index in [4.69, 9.17) is 34.4 Å². The fourth-order valence-electron chi connectivity index (χ4n) is 1.90. The van der Waals surface area contributed by atoms with Crippen molar-refractivity contribution in [2.45, 2.75) is 0 Å². The number of methoxy groups -OCH3 is 1. The van der Waals surface area contributed by atoms with Crippen molar-refractivity contribution in [1.82, 2.24) is 4.90 Å². The molecule has 6 nitrogen and oxygen atoms in total. The molecular formula is C16H11Cl2NO5S. The van der Waals surface area contributed by atoms with E-state index < -0.39 is 23.7 Å². The fourth-order valence-corrected chi connectivity index (χ4v) is 3.35. The first kappa shape index (κ1) is 19.2. The lowest BCUT2D eigenvalue weighted by atomic mass is 10.2. The summed E-state index contributed by atoms with van der Waals surface area (Å²) in [7, 11) is 1.17. The normalized spacial score (nSPS) is 15.4. The highest BCUT2D eigenvalue weighted by Crippen LogP contribution is 2.37. The number of hydrogen-bond donors (Lipinski definition) is 0. The molecule has 0 N–H and O–H groups in total. The van der Waals surface area contributed by atoms with Gasteiger partial charge in [-0.1, -0.05) is 29.1 Å². The number of imide groups is 1. The number of esters is 1. The molecule has 0 saturated carbocycles.